The first-order valence-electron chi connectivity index (χ1n) is 4.66. The van der Waals surface area contributed by atoms with Crippen molar-refractivity contribution in [2.45, 2.75) is 13.3 Å². The molecule has 1 aliphatic heterocycles. The maximum absolute atomic E-state index is 11.5. The highest BCUT2D eigenvalue weighted by molar-refractivity contribution is 5.97. The summed E-state index contributed by atoms with van der Waals surface area (Å²) in [5.74, 6) is 0.179. The first kappa shape index (κ1) is 10.8. The Kier molecular flexibility index (Phi) is 3.28. The number of carbonyl (C=O) groups is 2. The van der Waals surface area contributed by atoms with Crippen molar-refractivity contribution in [3.05, 3.63) is 11.8 Å². The summed E-state index contributed by atoms with van der Waals surface area (Å²) in [6, 6.07) is 0. The van der Waals surface area contributed by atoms with Crippen molar-refractivity contribution in [3.8, 4) is 0 Å². The average molecular weight is 196 g/mol. The number of nitrogens with zero attached hydrogens (tertiary/aromatic N) is 2. The molecule has 0 radical (unpaired) electrons. The predicted octanol–water partition coefficient (Wildman–Crippen LogP) is 0.253. The highest BCUT2D eigenvalue weighted by Gasteiger charge is 2.22. The van der Waals surface area contributed by atoms with Crippen molar-refractivity contribution >= 4 is 11.7 Å². The number of piperidine rings is 1. The Bertz CT molecular complexity index is 282. The van der Waals surface area contributed by atoms with Gasteiger partial charge in [0.1, 0.15) is 0 Å². The molecule has 0 atom stereocenters. The third kappa shape index (κ3) is 2.58. The van der Waals surface area contributed by atoms with Gasteiger partial charge in [-0.3, -0.25) is 9.59 Å². The van der Waals surface area contributed by atoms with Gasteiger partial charge >= 0.3 is 0 Å². The van der Waals surface area contributed by atoms with Gasteiger partial charge in [-0.1, -0.05) is 0 Å². The Hall–Kier alpha value is -1.32. The van der Waals surface area contributed by atoms with E-state index < -0.39 is 0 Å². The van der Waals surface area contributed by atoms with E-state index in [0.29, 0.717) is 19.5 Å². The van der Waals surface area contributed by atoms with Crippen molar-refractivity contribution in [2.24, 2.45) is 0 Å². The number of rotatable bonds is 1. The molecule has 0 bridgehead atoms. The van der Waals surface area contributed by atoms with E-state index in [4.69, 9.17) is 0 Å². The van der Waals surface area contributed by atoms with Crippen LogP contribution in [0.15, 0.2) is 11.8 Å². The summed E-state index contributed by atoms with van der Waals surface area (Å²) < 4.78 is 0. The third-order valence-corrected chi connectivity index (χ3v) is 2.19. The van der Waals surface area contributed by atoms with Gasteiger partial charge in [0.05, 0.1) is 6.54 Å². The molecule has 0 unspecified atom stereocenters. The van der Waals surface area contributed by atoms with Crippen molar-refractivity contribution in [2.75, 3.05) is 27.2 Å². The van der Waals surface area contributed by atoms with Crippen LogP contribution in [0.3, 0.4) is 0 Å². The van der Waals surface area contributed by atoms with Crippen LogP contribution >= 0.6 is 0 Å². The molecule has 0 spiro atoms. The van der Waals surface area contributed by atoms with Gasteiger partial charge in [-0.05, 0) is 0 Å². The quantitative estimate of drug-likeness (QED) is 0.565. The Morgan fingerprint density at radius 1 is 1.50 bits per heavy atom. The summed E-state index contributed by atoms with van der Waals surface area (Å²) in [6.45, 7) is 2.54. The van der Waals surface area contributed by atoms with Crippen molar-refractivity contribution in [1.29, 1.82) is 0 Å². The summed E-state index contributed by atoms with van der Waals surface area (Å²) >= 11 is 0. The van der Waals surface area contributed by atoms with E-state index in [2.05, 4.69) is 0 Å². The van der Waals surface area contributed by atoms with E-state index in [9.17, 15) is 9.59 Å². The van der Waals surface area contributed by atoms with E-state index in [0.717, 1.165) is 5.57 Å². The monoisotopic (exact) mass is 196 g/mol. The van der Waals surface area contributed by atoms with E-state index in [1.807, 2.05) is 19.0 Å². The molecule has 1 aliphatic rings. The number of carbonyl (C=O) groups excluding carboxylic acids is 2. The number of amides is 1. The molecule has 0 N–H and O–H groups in total. The Morgan fingerprint density at radius 2 is 2.14 bits per heavy atom. The first-order chi connectivity index (χ1) is 6.50. The number of hydrogen-bond donors (Lipinski definition) is 0. The summed E-state index contributed by atoms with van der Waals surface area (Å²) in [6.07, 6.45) is 2.23. The fraction of sp³-hybridized carbons (Fsp3) is 0.600. The van der Waals surface area contributed by atoms with Crippen LogP contribution in [0, 0.1) is 0 Å². The third-order valence-electron chi connectivity index (χ3n) is 2.19. The molecule has 14 heavy (non-hydrogen) atoms. The van der Waals surface area contributed by atoms with Gasteiger partial charge < -0.3 is 9.80 Å². The fourth-order valence-corrected chi connectivity index (χ4v) is 1.46. The lowest BCUT2D eigenvalue weighted by Gasteiger charge is -2.27. The van der Waals surface area contributed by atoms with E-state index in [1.165, 1.54) is 6.92 Å². The Labute approximate surface area is 84.2 Å². The predicted molar refractivity (Wildman–Crippen MR) is 53.6 cm³/mol. The molecule has 78 valence electrons. The topological polar surface area (TPSA) is 40.6 Å². The summed E-state index contributed by atoms with van der Waals surface area (Å²) in [4.78, 5) is 26.1. The lowest BCUT2D eigenvalue weighted by molar-refractivity contribution is -0.130. The zero-order valence-electron chi connectivity index (χ0n) is 8.91. The van der Waals surface area contributed by atoms with Crippen LogP contribution in [0.4, 0.5) is 0 Å². The zero-order chi connectivity index (χ0) is 10.7. The molecule has 1 amide bonds. The van der Waals surface area contributed by atoms with Gasteiger partial charge in [-0.25, -0.2) is 0 Å². The van der Waals surface area contributed by atoms with Crippen LogP contribution in [-0.2, 0) is 9.59 Å². The minimum Gasteiger partial charge on any atom is -0.383 e. The summed E-state index contributed by atoms with van der Waals surface area (Å²) in [5, 5.41) is 0. The lowest BCUT2D eigenvalue weighted by atomic mass is 10.0. The largest absolute Gasteiger partial charge is 0.383 e. The van der Waals surface area contributed by atoms with Gasteiger partial charge in [0.2, 0.25) is 5.91 Å². The Balaban J connectivity index is 2.74. The van der Waals surface area contributed by atoms with Gasteiger partial charge in [0.15, 0.2) is 5.78 Å². The highest BCUT2D eigenvalue weighted by atomic mass is 16.2. The van der Waals surface area contributed by atoms with Crippen molar-refractivity contribution in [3.63, 3.8) is 0 Å². The maximum atomic E-state index is 11.5. The van der Waals surface area contributed by atoms with Gasteiger partial charge in [0, 0.05) is 45.8 Å². The van der Waals surface area contributed by atoms with E-state index in [1.54, 1.807) is 11.1 Å². The second kappa shape index (κ2) is 4.26. The molecule has 1 saturated heterocycles. The standard InChI is InChI=1S/C10H16N2O2/c1-8(13)12-5-4-10(14)9(7-12)6-11(2)3/h6H,4-5,7H2,1-3H3/b9-6+. The fourth-order valence-electron chi connectivity index (χ4n) is 1.46. The van der Waals surface area contributed by atoms with E-state index >= 15 is 0 Å². The highest BCUT2D eigenvalue weighted by Crippen LogP contribution is 2.12. The molecule has 1 rings (SSSR count). The van der Waals surface area contributed by atoms with Crippen LogP contribution in [0.5, 0.6) is 0 Å². The van der Waals surface area contributed by atoms with Gasteiger partial charge in [0.25, 0.3) is 0 Å². The smallest absolute Gasteiger partial charge is 0.219 e. The molecule has 0 aliphatic carbocycles. The second-order valence-corrected chi connectivity index (χ2v) is 3.73. The summed E-state index contributed by atoms with van der Waals surface area (Å²) in [5.41, 5.74) is 0.719. The van der Waals surface area contributed by atoms with Crippen molar-refractivity contribution in [1.82, 2.24) is 9.80 Å². The molecule has 1 fully saturated rings. The minimum atomic E-state index is 0.0298. The Morgan fingerprint density at radius 3 is 2.64 bits per heavy atom. The normalized spacial score (nSPS) is 20.1. The SMILES string of the molecule is CC(=O)N1CCC(=O)/C(=C/N(C)C)C1. The molecule has 1 heterocycles. The molecule has 4 nitrogen and oxygen atoms in total. The molecular weight excluding hydrogens is 180 g/mol. The molecular formula is C10H16N2O2. The van der Waals surface area contributed by atoms with Crippen LogP contribution in [0.25, 0.3) is 0 Å². The van der Waals surface area contributed by atoms with Crippen molar-refractivity contribution < 1.29 is 9.59 Å². The van der Waals surface area contributed by atoms with Crippen LogP contribution < -0.4 is 0 Å². The molecule has 0 aromatic carbocycles. The zero-order valence-corrected chi connectivity index (χ0v) is 8.91. The van der Waals surface area contributed by atoms with Crippen LogP contribution in [0.2, 0.25) is 0 Å². The lowest BCUT2D eigenvalue weighted by Crippen LogP contribution is -2.39. The summed E-state index contributed by atoms with van der Waals surface area (Å²) in [7, 11) is 3.74. The average Bonchev–Trinajstić information content (AvgIpc) is 2.07. The number of likely N-dealkylation sites (tertiary alicyclic amines) is 1. The maximum Gasteiger partial charge on any atom is 0.219 e. The first-order valence-corrected chi connectivity index (χ1v) is 4.66. The molecule has 0 saturated carbocycles. The van der Waals surface area contributed by atoms with Crippen LogP contribution in [0.1, 0.15) is 13.3 Å². The number of hydrogen-bond acceptors (Lipinski definition) is 3. The van der Waals surface area contributed by atoms with E-state index in [-0.39, 0.29) is 11.7 Å². The molecule has 0 aromatic heterocycles. The molecule has 4 heteroatoms. The minimum absolute atomic E-state index is 0.0298. The second-order valence-electron chi connectivity index (χ2n) is 3.73. The number of Topliss-reactive ketones (excluding diaryl/α,β-unsaturated/α-hetero) is 1. The van der Waals surface area contributed by atoms with Gasteiger partial charge in [-0.15, -0.1) is 0 Å². The van der Waals surface area contributed by atoms with Crippen LogP contribution in [-0.4, -0.2) is 48.7 Å². The molecule has 0 aromatic rings. The number of ketones is 1. The van der Waals surface area contributed by atoms with Gasteiger partial charge in [-0.2, -0.15) is 0 Å².